The van der Waals surface area contributed by atoms with Gasteiger partial charge in [-0.15, -0.1) is 0 Å². The van der Waals surface area contributed by atoms with E-state index in [9.17, 15) is 4.79 Å². The van der Waals surface area contributed by atoms with Crippen molar-refractivity contribution in [3.63, 3.8) is 0 Å². The van der Waals surface area contributed by atoms with Crippen molar-refractivity contribution in [1.82, 2.24) is 0 Å². The molecule has 0 aliphatic rings. The van der Waals surface area contributed by atoms with Crippen LogP contribution in [0.15, 0.2) is 22.7 Å². The van der Waals surface area contributed by atoms with E-state index in [4.69, 9.17) is 10.5 Å². The van der Waals surface area contributed by atoms with Crippen molar-refractivity contribution in [1.29, 1.82) is 0 Å². The Balaban J connectivity index is 2.83. The van der Waals surface area contributed by atoms with Crippen molar-refractivity contribution in [3.05, 3.63) is 22.7 Å². The van der Waals surface area contributed by atoms with Crippen LogP contribution < -0.4 is 15.8 Å². The highest BCUT2D eigenvalue weighted by atomic mass is 79.9. The fourth-order valence-electron chi connectivity index (χ4n) is 1.14. The summed E-state index contributed by atoms with van der Waals surface area (Å²) in [6.45, 7) is 3.91. The van der Waals surface area contributed by atoms with E-state index in [0.717, 1.165) is 10.2 Å². The van der Waals surface area contributed by atoms with E-state index in [0.29, 0.717) is 12.2 Å². The first kappa shape index (κ1) is 14.0. The molecule has 0 spiro atoms. The number of anilines is 1. The molecular weight excluding hydrogens is 284 g/mol. The molecule has 0 unspecified atom stereocenters. The molecule has 94 valence electrons. The number of halogens is 1. The molecule has 1 aromatic rings. The van der Waals surface area contributed by atoms with E-state index in [2.05, 4.69) is 21.2 Å². The van der Waals surface area contributed by atoms with Crippen LogP contribution in [0.5, 0.6) is 5.75 Å². The molecule has 0 aliphatic carbocycles. The molecule has 0 saturated carbocycles. The topological polar surface area (TPSA) is 64.3 Å². The maximum absolute atomic E-state index is 11.9. The van der Waals surface area contributed by atoms with Gasteiger partial charge in [0.1, 0.15) is 5.75 Å². The van der Waals surface area contributed by atoms with E-state index < -0.39 is 5.41 Å². The van der Waals surface area contributed by atoms with Crippen LogP contribution in [-0.4, -0.2) is 19.6 Å². The van der Waals surface area contributed by atoms with E-state index in [1.54, 1.807) is 39.2 Å². The molecular formula is C12H17BrN2O2. The molecule has 3 N–H and O–H groups in total. The van der Waals surface area contributed by atoms with Gasteiger partial charge in [0.25, 0.3) is 0 Å². The Kier molecular flexibility index (Phi) is 4.54. The van der Waals surface area contributed by atoms with Gasteiger partial charge in [-0.2, -0.15) is 0 Å². The smallest absolute Gasteiger partial charge is 0.231 e. The second kappa shape index (κ2) is 5.51. The summed E-state index contributed by atoms with van der Waals surface area (Å²) in [7, 11) is 1.59. The summed E-state index contributed by atoms with van der Waals surface area (Å²) in [4.78, 5) is 11.9. The minimum absolute atomic E-state index is 0.0999. The highest BCUT2D eigenvalue weighted by Crippen LogP contribution is 2.28. The Labute approximate surface area is 110 Å². The molecule has 17 heavy (non-hydrogen) atoms. The number of nitrogens with two attached hydrogens (primary N) is 1. The third-order valence-corrected chi connectivity index (χ3v) is 3.15. The molecule has 1 rings (SSSR count). The Hall–Kier alpha value is -1.07. The molecule has 0 aromatic heterocycles. The predicted octanol–water partition coefficient (Wildman–Crippen LogP) is 2.38. The maximum atomic E-state index is 11.9. The number of hydrogen-bond donors (Lipinski definition) is 2. The van der Waals surface area contributed by atoms with Gasteiger partial charge in [-0.05, 0) is 48.0 Å². The molecule has 0 radical (unpaired) electrons. The summed E-state index contributed by atoms with van der Waals surface area (Å²) in [5.41, 5.74) is 5.68. The van der Waals surface area contributed by atoms with Gasteiger partial charge >= 0.3 is 0 Å². The maximum Gasteiger partial charge on any atom is 0.231 e. The van der Waals surface area contributed by atoms with Gasteiger partial charge in [0, 0.05) is 12.2 Å². The number of nitrogens with one attached hydrogen (secondary N) is 1. The number of carbonyl (C=O) groups is 1. The Bertz CT molecular complexity index is 419. The summed E-state index contributed by atoms with van der Waals surface area (Å²) in [6.07, 6.45) is 0. The minimum Gasteiger partial charge on any atom is -0.496 e. The minimum atomic E-state index is -0.577. The van der Waals surface area contributed by atoms with Crippen LogP contribution in [0.3, 0.4) is 0 Å². The second-order valence-corrected chi connectivity index (χ2v) is 5.25. The van der Waals surface area contributed by atoms with Gasteiger partial charge in [0.2, 0.25) is 5.91 Å². The van der Waals surface area contributed by atoms with Crippen LogP contribution in [0.2, 0.25) is 0 Å². The largest absolute Gasteiger partial charge is 0.496 e. The van der Waals surface area contributed by atoms with Crippen LogP contribution in [0.4, 0.5) is 5.69 Å². The fraction of sp³-hybridized carbons (Fsp3) is 0.417. The lowest BCUT2D eigenvalue weighted by molar-refractivity contribution is -0.123. The van der Waals surface area contributed by atoms with Gasteiger partial charge in [-0.25, -0.2) is 0 Å². The number of rotatable bonds is 4. The van der Waals surface area contributed by atoms with Crippen LogP contribution in [0.1, 0.15) is 13.8 Å². The summed E-state index contributed by atoms with van der Waals surface area (Å²) >= 11 is 3.36. The highest BCUT2D eigenvalue weighted by Gasteiger charge is 2.25. The van der Waals surface area contributed by atoms with Crippen LogP contribution in [0.25, 0.3) is 0 Å². The third kappa shape index (κ3) is 3.44. The zero-order valence-corrected chi connectivity index (χ0v) is 11.8. The van der Waals surface area contributed by atoms with Crippen molar-refractivity contribution >= 4 is 27.5 Å². The summed E-state index contributed by atoms with van der Waals surface area (Å²) in [6, 6.07) is 5.37. The molecule has 1 aromatic carbocycles. The molecule has 0 saturated heterocycles. The first-order valence-electron chi connectivity index (χ1n) is 5.26. The summed E-state index contributed by atoms with van der Waals surface area (Å²) in [5.74, 6) is 0.623. The molecule has 4 nitrogen and oxygen atoms in total. The molecule has 0 heterocycles. The molecule has 0 fully saturated rings. The van der Waals surface area contributed by atoms with Crippen molar-refractivity contribution in [2.75, 3.05) is 19.0 Å². The quantitative estimate of drug-likeness (QED) is 0.897. The van der Waals surface area contributed by atoms with Crippen LogP contribution in [0, 0.1) is 5.41 Å². The second-order valence-electron chi connectivity index (χ2n) is 4.39. The Morgan fingerprint density at radius 2 is 2.18 bits per heavy atom. The van der Waals surface area contributed by atoms with E-state index in [-0.39, 0.29) is 5.91 Å². The predicted molar refractivity (Wildman–Crippen MR) is 72.2 cm³/mol. The molecule has 0 bridgehead atoms. The first-order valence-corrected chi connectivity index (χ1v) is 6.05. The van der Waals surface area contributed by atoms with E-state index in [1.807, 2.05) is 0 Å². The Morgan fingerprint density at radius 1 is 1.53 bits per heavy atom. The lowest BCUT2D eigenvalue weighted by atomic mass is 9.92. The summed E-state index contributed by atoms with van der Waals surface area (Å²) < 4.78 is 5.91. The standard InChI is InChI=1S/C12H17BrN2O2/c1-12(2,7-14)11(16)15-8-4-5-10(17-3)9(13)6-8/h4-6H,7,14H2,1-3H3,(H,15,16). The van der Waals surface area contributed by atoms with Crippen molar-refractivity contribution in [2.45, 2.75) is 13.8 Å². The number of ether oxygens (including phenoxy) is 1. The van der Waals surface area contributed by atoms with Crippen LogP contribution in [-0.2, 0) is 4.79 Å². The van der Waals surface area contributed by atoms with Gasteiger partial charge in [-0.3, -0.25) is 4.79 Å². The number of methoxy groups -OCH3 is 1. The van der Waals surface area contributed by atoms with Crippen LogP contribution >= 0.6 is 15.9 Å². The zero-order chi connectivity index (χ0) is 13.1. The molecule has 0 atom stereocenters. The number of amides is 1. The van der Waals surface area contributed by atoms with Gasteiger partial charge in [0.05, 0.1) is 17.0 Å². The number of hydrogen-bond acceptors (Lipinski definition) is 3. The van der Waals surface area contributed by atoms with Crippen molar-refractivity contribution < 1.29 is 9.53 Å². The Morgan fingerprint density at radius 3 is 2.65 bits per heavy atom. The van der Waals surface area contributed by atoms with E-state index in [1.165, 1.54) is 0 Å². The monoisotopic (exact) mass is 300 g/mol. The van der Waals surface area contributed by atoms with Crippen molar-refractivity contribution in [2.24, 2.45) is 11.1 Å². The lowest BCUT2D eigenvalue weighted by Gasteiger charge is -2.21. The SMILES string of the molecule is COc1ccc(NC(=O)C(C)(C)CN)cc1Br. The van der Waals surface area contributed by atoms with Gasteiger partial charge in [-0.1, -0.05) is 0 Å². The fourth-order valence-corrected chi connectivity index (χ4v) is 1.68. The lowest BCUT2D eigenvalue weighted by Crippen LogP contribution is -2.37. The first-order chi connectivity index (χ1) is 7.90. The van der Waals surface area contributed by atoms with E-state index >= 15 is 0 Å². The number of benzene rings is 1. The zero-order valence-electron chi connectivity index (χ0n) is 10.2. The highest BCUT2D eigenvalue weighted by molar-refractivity contribution is 9.10. The van der Waals surface area contributed by atoms with Crippen molar-refractivity contribution in [3.8, 4) is 5.75 Å². The molecule has 5 heteroatoms. The summed E-state index contributed by atoms with van der Waals surface area (Å²) in [5, 5.41) is 2.82. The molecule has 0 aliphatic heterocycles. The average Bonchev–Trinajstić information content (AvgIpc) is 2.29. The molecule has 1 amide bonds. The third-order valence-electron chi connectivity index (χ3n) is 2.53. The number of carbonyl (C=O) groups excluding carboxylic acids is 1. The average molecular weight is 301 g/mol. The van der Waals surface area contributed by atoms with Gasteiger partial charge < -0.3 is 15.8 Å². The normalized spacial score (nSPS) is 11.1. The van der Waals surface area contributed by atoms with Gasteiger partial charge in [0.15, 0.2) is 0 Å².